The van der Waals surface area contributed by atoms with Gasteiger partial charge in [0.2, 0.25) is 0 Å². The first-order chi connectivity index (χ1) is 2.00. The van der Waals surface area contributed by atoms with Crippen LogP contribution in [0.4, 0.5) is 0 Å². The number of hydrogen-bond donors (Lipinski definition) is 2. The van der Waals surface area contributed by atoms with Gasteiger partial charge in [-0.05, 0) is 0 Å². The van der Waals surface area contributed by atoms with Gasteiger partial charge >= 0.3 is 29.3 Å². The van der Waals surface area contributed by atoms with Crippen molar-refractivity contribution in [2.75, 3.05) is 0 Å². The number of hydrogen-bond acceptors (Lipinski definition) is 2. The number of rotatable bonds is 0. The van der Waals surface area contributed by atoms with E-state index in [-0.39, 0.29) is 40.6 Å². The van der Waals surface area contributed by atoms with Gasteiger partial charge in [-0.1, -0.05) is 0 Å². The Morgan fingerprint density at radius 3 is 1.12 bits per heavy atom. The van der Waals surface area contributed by atoms with Gasteiger partial charge in [-0.15, -0.1) is 0 Å². The summed E-state index contributed by atoms with van der Waals surface area (Å²) in [6.45, 7) is 0. The van der Waals surface area contributed by atoms with Crippen LogP contribution in [0.3, 0.4) is 0 Å². The second-order valence-corrected chi connectivity index (χ2v) is 1.34. The molecule has 4 nitrogen and oxygen atoms in total. The molecule has 0 aromatic rings. The van der Waals surface area contributed by atoms with Crippen LogP contribution in [-0.4, -0.2) is 17.5 Å². The Hall–Kier alpha value is 0.917. The van der Waals surface area contributed by atoms with Gasteiger partial charge < -0.3 is 4.70 Å². The molecule has 0 aliphatic rings. The number of halogens is 1. The topological polar surface area (TPSA) is 74.6 Å². The molecule has 8 heavy (non-hydrogen) atoms. The molecule has 2 N–H and O–H groups in total. The molecular formula is H2FFeLiO4S. The molecule has 0 unspecified atom stereocenters. The fourth-order valence-electron chi connectivity index (χ4n) is 0. The Morgan fingerprint density at radius 2 is 1.12 bits per heavy atom. The molecule has 0 bridgehead atoms. The standard InChI is InChI=1S/FH.Fe.Li.H2O4S/c;;;1-5(2,3)4/h1H;;;(H2,1,2,3,4)/q;;+1;/p-1. The van der Waals surface area contributed by atoms with E-state index in [4.69, 9.17) is 17.5 Å². The summed E-state index contributed by atoms with van der Waals surface area (Å²) in [7, 11) is -4.67. The molecule has 0 atom stereocenters. The maximum atomic E-state index is 8.74. The van der Waals surface area contributed by atoms with Gasteiger partial charge in [0.05, 0.1) is 0 Å². The molecule has 0 spiro atoms. The monoisotopic (exact) mass is 180 g/mol. The molecule has 0 aromatic heterocycles. The Labute approximate surface area is 68.6 Å². The van der Waals surface area contributed by atoms with Crippen molar-refractivity contribution in [1.82, 2.24) is 0 Å². The summed E-state index contributed by atoms with van der Waals surface area (Å²) < 4.78 is 31.6. The van der Waals surface area contributed by atoms with E-state index >= 15 is 0 Å². The van der Waals surface area contributed by atoms with Gasteiger partial charge in [0, 0.05) is 17.1 Å². The molecule has 0 heterocycles. The minimum Gasteiger partial charge on any atom is -1.00 e. The van der Waals surface area contributed by atoms with Crippen LogP contribution < -0.4 is 23.6 Å². The first-order valence-corrected chi connectivity index (χ1v) is 2.10. The van der Waals surface area contributed by atoms with Gasteiger partial charge in [-0.3, -0.25) is 9.11 Å². The summed E-state index contributed by atoms with van der Waals surface area (Å²) in [6.07, 6.45) is 0. The smallest absolute Gasteiger partial charge is 1.00 e. The van der Waals surface area contributed by atoms with E-state index in [9.17, 15) is 0 Å². The average Bonchev–Trinajstić information content (AvgIpc) is 0.722. The van der Waals surface area contributed by atoms with Crippen LogP contribution in [0, 0.1) is 0 Å². The summed E-state index contributed by atoms with van der Waals surface area (Å²) in [5.41, 5.74) is 0. The van der Waals surface area contributed by atoms with Crippen LogP contribution in [0.15, 0.2) is 0 Å². The molecule has 0 saturated heterocycles. The summed E-state index contributed by atoms with van der Waals surface area (Å²) in [5.74, 6) is 0. The molecule has 0 radical (unpaired) electrons. The Morgan fingerprint density at radius 1 is 1.12 bits per heavy atom. The largest absolute Gasteiger partial charge is 1.00 e. The molecule has 8 heteroatoms. The first kappa shape index (κ1) is 23.1. The van der Waals surface area contributed by atoms with Crippen LogP contribution >= 0.6 is 0 Å². The van der Waals surface area contributed by atoms with Gasteiger partial charge in [-0.2, -0.15) is 8.42 Å². The minimum atomic E-state index is -4.67. The normalized spacial score (nSPS) is 7.25. The molecule has 0 fully saturated rings. The maximum Gasteiger partial charge on any atom is 1.00 e. The summed E-state index contributed by atoms with van der Waals surface area (Å²) >= 11 is 0. The Bertz CT molecular complexity index is 99.2. The molecule has 0 rings (SSSR count). The van der Waals surface area contributed by atoms with Gasteiger partial charge in [-0.25, -0.2) is 0 Å². The van der Waals surface area contributed by atoms with Crippen molar-refractivity contribution in [3.63, 3.8) is 0 Å². The molecule has 0 amide bonds. The molecule has 48 valence electrons. The van der Waals surface area contributed by atoms with E-state index < -0.39 is 10.4 Å². The van der Waals surface area contributed by atoms with Crippen molar-refractivity contribution in [2.45, 2.75) is 0 Å². The predicted octanol–water partition coefficient (Wildman–Crippen LogP) is -6.65. The van der Waals surface area contributed by atoms with Crippen LogP contribution in [0.25, 0.3) is 0 Å². The molecule has 0 aliphatic carbocycles. The molecular weight excluding hydrogens is 178 g/mol. The van der Waals surface area contributed by atoms with Crippen LogP contribution in [0.2, 0.25) is 0 Å². The molecule has 0 aliphatic heterocycles. The Balaban J connectivity index is -0.0000000267. The summed E-state index contributed by atoms with van der Waals surface area (Å²) in [6, 6.07) is 0. The summed E-state index contributed by atoms with van der Waals surface area (Å²) in [4.78, 5) is 0. The van der Waals surface area contributed by atoms with Crippen molar-refractivity contribution in [3.8, 4) is 0 Å². The predicted molar refractivity (Wildman–Crippen MR) is 14.2 cm³/mol. The zero-order chi connectivity index (χ0) is 4.50. The van der Waals surface area contributed by atoms with Crippen molar-refractivity contribution in [3.05, 3.63) is 0 Å². The fraction of sp³-hybridized carbons (Fsp3) is 0. The third kappa shape index (κ3) is 288. The van der Waals surface area contributed by atoms with Crippen molar-refractivity contribution >= 4 is 10.4 Å². The third-order valence-electron chi connectivity index (χ3n) is 0. The second-order valence-electron chi connectivity index (χ2n) is 0.448. The quantitative estimate of drug-likeness (QED) is 0.287. The Kier molecular flexibility index (Phi) is 22.9. The average molecular weight is 180 g/mol. The summed E-state index contributed by atoms with van der Waals surface area (Å²) in [5, 5.41) is 0. The van der Waals surface area contributed by atoms with E-state index in [1.165, 1.54) is 0 Å². The van der Waals surface area contributed by atoms with Crippen LogP contribution in [-0.2, 0) is 27.5 Å². The molecule has 0 aromatic carbocycles. The van der Waals surface area contributed by atoms with E-state index in [0.29, 0.717) is 0 Å². The van der Waals surface area contributed by atoms with Crippen molar-refractivity contribution in [1.29, 1.82) is 0 Å². The van der Waals surface area contributed by atoms with Crippen LogP contribution in [0.1, 0.15) is 0 Å². The van der Waals surface area contributed by atoms with Gasteiger partial charge in [0.15, 0.2) is 0 Å². The SMILES string of the molecule is O=S(=O)(O)O.[F-].[Fe].[Li+]. The van der Waals surface area contributed by atoms with E-state index in [0.717, 1.165) is 0 Å². The van der Waals surface area contributed by atoms with E-state index in [1.807, 2.05) is 0 Å². The second kappa shape index (κ2) is 7.92. The van der Waals surface area contributed by atoms with Gasteiger partial charge in [0.1, 0.15) is 0 Å². The van der Waals surface area contributed by atoms with Crippen molar-refractivity contribution in [2.24, 2.45) is 0 Å². The van der Waals surface area contributed by atoms with E-state index in [1.54, 1.807) is 0 Å². The van der Waals surface area contributed by atoms with Crippen LogP contribution in [0.5, 0.6) is 0 Å². The van der Waals surface area contributed by atoms with Gasteiger partial charge in [0.25, 0.3) is 0 Å². The van der Waals surface area contributed by atoms with E-state index in [2.05, 4.69) is 0 Å². The fourth-order valence-corrected chi connectivity index (χ4v) is 0. The molecule has 0 saturated carbocycles. The zero-order valence-electron chi connectivity index (χ0n) is 3.85. The zero-order valence-corrected chi connectivity index (χ0v) is 5.77. The first-order valence-electron chi connectivity index (χ1n) is 0.698. The minimum absolute atomic E-state index is 0. The maximum absolute atomic E-state index is 8.74. The van der Waals surface area contributed by atoms with Crippen molar-refractivity contribution < 1.29 is 58.2 Å². The third-order valence-corrected chi connectivity index (χ3v) is 0.